The molecule has 3 N–H and O–H groups in total. The third-order valence-electron chi connectivity index (χ3n) is 2.28. The van der Waals surface area contributed by atoms with Crippen LogP contribution in [0.5, 0.6) is 5.75 Å². The Hall–Kier alpha value is -1.59. The van der Waals surface area contributed by atoms with Crippen LogP contribution in [0.2, 0.25) is 0 Å². The van der Waals surface area contributed by atoms with Crippen LogP contribution >= 0.6 is 0 Å². The lowest BCUT2D eigenvalue weighted by molar-refractivity contribution is 0.0806. The number of hydrogen-bond donors (Lipinski definition) is 2. The molecule has 0 aliphatic carbocycles. The molecule has 0 aliphatic rings. The smallest absolute Gasteiger partial charge is 0.122 e. The Morgan fingerprint density at radius 3 is 2.78 bits per heavy atom. The Morgan fingerprint density at radius 1 is 1.22 bits per heavy atom. The van der Waals surface area contributed by atoms with E-state index in [0.29, 0.717) is 37.7 Å². The summed E-state index contributed by atoms with van der Waals surface area (Å²) >= 11 is 0. The van der Waals surface area contributed by atoms with E-state index in [1.165, 1.54) is 0 Å². The maximum Gasteiger partial charge on any atom is 0.122 e. The molecular weight excluding hydrogens is 232 g/mol. The quantitative estimate of drug-likeness (QED) is 0.395. The third-order valence-corrected chi connectivity index (χ3v) is 2.28. The van der Waals surface area contributed by atoms with Crippen molar-refractivity contribution in [1.82, 2.24) is 0 Å². The molecule has 0 aliphatic heterocycles. The van der Waals surface area contributed by atoms with E-state index in [0.717, 1.165) is 6.42 Å². The summed E-state index contributed by atoms with van der Waals surface area (Å²) in [6, 6.07) is 7.16. The molecule has 0 saturated carbocycles. The number of nitrogens with two attached hydrogens (primary N) is 1. The zero-order valence-corrected chi connectivity index (χ0v) is 10.6. The van der Waals surface area contributed by atoms with Crippen molar-refractivity contribution in [3.63, 3.8) is 0 Å². The lowest BCUT2D eigenvalue weighted by Gasteiger charge is -2.08. The van der Waals surface area contributed by atoms with Crippen molar-refractivity contribution in [1.29, 1.82) is 5.41 Å². The van der Waals surface area contributed by atoms with Gasteiger partial charge in [0.15, 0.2) is 0 Å². The van der Waals surface area contributed by atoms with Gasteiger partial charge < -0.3 is 19.9 Å². The summed E-state index contributed by atoms with van der Waals surface area (Å²) in [5.74, 6) is 0.736. The molecule has 0 atom stereocenters. The minimum Gasteiger partial charge on any atom is -0.491 e. The Kier molecular flexibility index (Phi) is 6.83. The molecule has 0 bridgehead atoms. The minimum absolute atomic E-state index is 0.0382. The highest BCUT2D eigenvalue weighted by Gasteiger charge is 1.99. The van der Waals surface area contributed by atoms with Crippen LogP contribution in [0.25, 0.3) is 0 Å². The number of rotatable bonds is 9. The highest BCUT2D eigenvalue weighted by Crippen LogP contribution is 2.12. The number of nitrogen functional groups attached to an aromatic ring is 1. The van der Waals surface area contributed by atoms with E-state index in [2.05, 4.69) is 0 Å². The maximum absolute atomic E-state index is 7.33. The van der Waals surface area contributed by atoms with Gasteiger partial charge >= 0.3 is 0 Å². The van der Waals surface area contributed by atoms with Gasteiger partial charge in [0.1, 0.15) is 18.2 Å². The van der Waals surface area contributed by atoms with Gasteiger partial charge in [-0.25, -0.2) is 0 Å². The molecule has 0 amide bonds. The second kappa shape index (κ2) is 8.49. The molecule has 0 heterocycles. The molecule has 18 heavy (non-hydrogen) atoms. The normalized spacial score (nSPS) is 10.3. The Labute approximate surface area is 107 Å². The number of ether oxygens (including phenoxy) is 3. The van der Waals surface area contributed by atoms with Gasteiger partial charge in [0.25, 0.3) is 0 Å². The standard InChI is InChI=1S/C13H20N2O3/c1-16-6-3-7-17-8-9-18-12-5-2-4-11(10-12)13(14)15/h2,4-5,10H,3,6-9H2,1H3,(H3,14,15). The van der Waals surface area contributed by atoms with Crippen LogP contribution in [0.3, 0.4) is 0 Å². The van der Waals surface area contributed by atoms with E-state index in [4.69, 9.17) is 25.4 Å². The SMILES string of the molecule is COCCCOCCOc1cccc(C(=N)N)c1. The molecule has 0 radical (unpaired) electrons. The van der Waals surface area contributed by atoms with Gasteiger partial charge in [-0.1, -0.05) is 12.1 Å². The highest BCUT2D eigenvalue weighted by atomic mass is 16.5. The van der Waals surface area contributed by atoms with Gasteiger partial charge in [-0.2, -0.15) is 0 Å². The Morgan fingerprint density at radius 2 is 2.06 bits per heavy atom. The van der Waals surface area contributed by atoms with Crippen LogP contribution in [0, 0.1) is 5.41 Å². The van der Waals surface area contributed by atoms with Crippen LogP contribution in [0.1, 0.15) is 12.0 Å². The number of methoxy groups -OCH3 is 1. The number of amidine groups is 1. The third kappa shape index (κ3) is 5.65. The highest BCUT2D eigenvalue weighted by molar-refractivity contribution is 5.95. The van der Waals surface area contributed by atoms with Crippen LogP contribution < -0.4 is 10.5 Å². The lowest BCUT2D eigenvalue weighted by Crippen LogP contribution is -2.12. The van der Waals surface area contributed by atoms with Crippen LogP contribution in [0.4, 0.5) is 0 Å². The molecule has 0 saturated heterocycles. The second-order valence-corrected chi connectivity index (χ2v) is 3.75. The molecule has 0 aromatic heterocycles. The summed E-state index contributed by atoms with van der Waals surface area (Å²) in [7, 11) is 1.67. The van der Waals surface area contributed by atoms with Crippen molar-refractivity contribution in [3.8, 4) is 5.75 Å². The van der Waals surface area contributed by atoms with Crippen molar-refractivity contribution in [3.05, 3.63) is 29.8 Å². The number of nitrogens with one attached hydrogen (secondary N) is 1. The molecule has 0 unspecified atom stereocenters. The summed E-state index contributed by atoms with van der Waals surface area (Å²) in [4.78, 5) is 0. The average molecular weight is 252 g/mol. The van der Waals surface area contributed by atoms with E-state index >= 15 is 0 Å². The molecule has 1 aromatic carbocycles. The molecular formula is C13H20N2O3. The van der Waals surface area contributed by atoms with E-state index in [-0.39, 0.29) is 5.84 Å². The van der Waals surface area contributed by atoms with Gasteiger partial charge in [-0.05, 0) is 18.6 Å². The average Bonchev–Trinajstić information content (AvgIpc) is 2.38. The van der Waals surface area contributed by atoms with Gasteiger partial charge in [0.2, 0.25) is 0 Å². The van der Waals surface area contributed by atoms with Gasteiger partial charge in [-0.3, -0.25) is 5.41 Å². The summed E-state index contributed by atoms with van der Waals surface area (Å²) in [6.07, 6.45) is 0.885. The minimum atomic E-state index is 0.0382. The van der Waals surface area contributed by atoms with Crippen LogP contribution in [-0.4, -0.2) is 39.4 Å². The molecule has 0 fully saturated rings. The zero-order valence-electron chi connectivity index (χ0n) is 10.6. The lowest BCUT2D eigenvalue weighted by atomic mass is 10.2. The number of hydrogen-bond acceptors (Lipinski definition) is 4. The predicted octanol–water partition coefficient (Wildman–Crippen LogP) is 1.40. The fraction of sp³-hybridized carbons (Fsp3) is 0.462. The van der Waals surface area contributed by atoms with E-state index in [9.17, 15) is 0 Å². The van der Waals surface area contributed by atoms with Crippen molar-refractivity contribution in [2.24, 2.45) is 5.73 Å². The van der Waals surface area contributed by atoms with E-state index in [1.807, 2.05) is 12.1 Å². The molecule has 1 rings (SSSR count). The summed E-state index contributed by atoms with van der Waals surface area (Å²) in [5.41, 5.74) is 6.06. The van der Waals surface area contributed by atoms with Crippen molar-refractivity contribution >= 4 is 5.84 Å². The fourth-order valence-electron chi connectivity index (χ4n) is 1.38. The first-order chi connectivity index (χ1) is 8.74. The van der Waals surface area contributed by atoms with E-state index < -0.39 is 0 Å². The Bertz CT molecular complexity index is 369. The van der Waals surface area contributed by atoms with Gasteiger partial charge in [0.05, 0.1) is 6.61 Å². The first-order valence-electron chi connectivity index (χ1n) is 5.88. The summed E-state index contributed by atoms with van der Waals surface area (Å²) in [5, 5.41) is 7.33. The van der Waals surface area contributed by atoms with Crippen molar-refractivity contribution in [2.45, 2.75) is 6.42 Å². The van der Waals surface area contributed by atoms with E-state index in [1.54, 1.807) is 19.2 Å². The summed E-state index contributed by atoms with van der Waals surface area (Å²) < 4.78 is 15.8. The van der Waals surface area contributed by atoms with Crippen LogP contribution in [0.15, 0.2) is 24.3 Å². The van der Waals surface area contributed by atoms with Gasteiger partial charge in [-0.15, -0.1) is 0 Å². The van der Waals surface area contributed by atoms with Crippen LogP contribution in [-0.2, 0) is 9.47 Å². The Balaban J connectivity index is 2.19. The molecule has 0 spiro atoms. The second-order valence-electron chi connectivity index (χ2n) is 3.75. The molecule has 5 nitrogen and oxygen atoms in total. The largest absolute Gasteiger partial charge is 0.491 e. The maximum atomic E-state index is 7.33. The number of benzene rings is 1. The predicted molar refractivity (Wildman–Crippen MR) is 70.3 cm³/mol. The molecule has 5 heteroatoms. The molecule has 1 aromatic rings. The van der Waals surface area contributed by atoms with Crippen molar-refractivity contribution < 1.29 is 14.2 Å². The zero-order chi connectivity index (χ0) is 13.2. The van der Waals surface area contributed by atoms with Crippen molar-refractivity contribution in [2.75, 3.05) is 33.5 Å². The first-order valence-corrected chi connectivity index (χ1v) is 5.88. The monoisotopic (exact) mass is 252 g/mol. The fourth-order valence-corrected chi connectivity index (χ4v) is 1.38. The summed E-state index contributed by atoms with van der Waals surface area (Å²) in [6.45, 7) is 2.40. The topological polar surface area (TPSA) is 77.6 Å². The molecule has 100 valence electrons. The van der Waals surface area contributed by atoms with Gasteiger partial charge in [0, 0.05) is 25.9 Å². The first kappa shape index (κ1) is 14.5.